The lowest BCUT2D eigenvalue weighted by Gasteiger charge is -2.45. The summed E-state index contributed by atoms with van der Waals surface area (Å²) < 4.78 is 4.24. The minimum Gasteiger partial charge on any atom is -0.345 e. The Labute approximate surface area is 302 Å². The number of carbonyl (C=O) groups excluding carboxylic acids is 2. The van der Waals surface area contributed by atoms with Crippen molar-refractivity contribution in [2.24, 2.45) is 7.05 Å². The number of amides is 1. The number of aromatic nitrogens is 5. The first kappa shape index (κ1) is 31.7. The van der Waals surface area contributed by atoms with Crippen molar-refractivity contribution in [3.05, 3.63) is 104 Å². The van der Waals surface area contributed by atoms with Gasteiger partial charge in [0, 0.05) is 64.7 Å². The van der Waals surface area contributed by atoms with Crippen LogP contribution in [0.15, 0.2) is 69.9 Å². The topological polar surface area (TPSA) is 115 Å². The maximum atomic E-state index is 13.0. The summed E-state index contributed by atoms with van der Waals surface area (Å²) in [6.07, 6.45) is 7.96. The van der Waals surface area contributed by atoms with Gasteiger partial charge in [-0.05, 0) is 66.6 Å². The summed E-state index contributed by atoms with van der Waals surface area (Å²) in [7, 11) is 2.08. The zero-order valence-corrected chi connectivity index (χ0v) is 30.7. The van der Waals surface area contributed by atoms with Gasteiger partial charge in [0.1, 0.15) is 5.69 Å². The van der Waals surface area contributed by atoms with Gasteiger partial charge < -0.3 is 15.2 Å². The number of Topliss-reactive ketones (excluding diaryl/α,β-unsaturated/α-hetero) is 1. The minimum absolute atomic E-state index is 0.0574. The van der Waals surface area contributed by atoms with Gasteiger partial charge in [-0.1, -0.05) is 72.1 Å². The van der Waals surface area contributed by atoms with Crippen molar-refractivity contribution >= 4 is 59.5 Å². The van der Waals surface area contributed by atoms with Crippen molar-refractivity contribution in [2.75, 3.05) is 13.1 Å². The van der Waals surface area contributed by atoms with Gasteiger partial charge in [0.15, 0.2) is 17.4 Å². The predicted molar refractivity (Wildman–Crippen MR) is 194 cm³/mol. The number of carbonyl (C=O) groups is 2. The Morgan fingerprint density at radius 2 is 1.40 bits per heavy atom. The number of aryl methyl sites for hydroxylation is 2. The molecule has 0 radical (unpaired) electrons. The summed E-state index contributed by atoms with van der Waals surface area (Å²) in [5, 5.41) is 6.56. The van der Waals surface area contributed by atoms with Crippen molar-refractivity contribution in [1.82, 2.24) is 35.1 Å². The average molecular weight is 832 g/mol. The fraction of sp³-hybridized carbons (Fsp3) is 0.278. The van der Waals surface area contributed by atoms with E-state index in [1.54, 1.807) is 6.20 Å². The van der Waals surface area contributed by atoms with E-state index in [0.717, 1.165) is 105 Å². The van der Waals surface area contributed by atoms with Crippen LogP contribution in [0.5, 0.6) is 0 Å². The number of nitrogens with zero attached hydrogens (tertiary/aromatic N) is 5. The number of hydrogen-bond donors (Lipinski definition) is 2. The third-order valence-corrected chi connectivity index (χ3v) is 11.6. The van der Waals surface area contributed by atoms with Gasteiger partial charge >= 0.3 is 0 Å². The zero-order valence-electron chi connectivity index (χ0n) is 26.0. The van der Waals surface area contributed by atoms with Crippen molar-refractivity contribution in [3.63, 3.8) is 0 Å². The molecule has 1 unspecified atom stereocenters. The molecule has 0 bridgehead atoms. The van der Waals surface area contributed by atoms with Gasteiger partial charge in [0.25, 0.3) is 5.91 Å². The summed E-state index contributed by atoms with van der Waals surface area (Å²) in [5.74, 6) is 1.44. The van der Waals surface area contributed by atoms with Gasteiger partial charge in [0.2, 0.25) is 0 Å². The Bertz CT molecular complexity index is 2110. The van der Waals surface area contributed by atoms with E-state index < -0.39 is 0 Å². The normalized spacial score (nSPS) is 18.4. The molecule has 5 aromatic rings. The second-order valence-corrected chi connectivity index (χ2v) is 15.7. The lowest BCUT2D eigenvalue weighted by molar-refractivity contribution is 0.0824. The number of benzene rings is 2. The molecule has 1 amide bonds. The van der Waals surface area contributed by atoms with Crippen LogP contribution in [0.1, 0.15) is 49.7 Å². The van der Waals surface area contributed by atoms with E-state index in [1.807, 2.05) is 54.7 Å². The summed E-state index contributed by atoms with van der Waals surface area (Å²) in [6, 6.07) is 15.8. The van der Waals surface area contributed by atoms with Crippen LogP contribution < -0.4 is 10.6 Å². The number of rotatable bonds is 2. The molecule has 2 aliphatic heterocycles. The monoisotopic (exact) mass is 829 g/mol. The molecule has 242 valence electrons. The fourth-order valence-electron chi connectivity index (χ4n) is 7.02. The summed E-state index contributed by atoms with van der Waals surface area (Å²) in [6.45, 7) is 1.67. The molecular formula is C36H30Br3N7O2. The average Bonchev–Trinajstić information content (AvgIpc) is 3.38. The first-order chi connectivity index (χ1) is 23.2. The molecule has 4 aliphatic rings. The molecule has 9 nitrogen and oxygen atoms in total. The minimum atomic E-state index is -0.129. The van der Waals surface area contributed by atoms with Gasteiger partial charge in [0.05, 0.1) is 27.3 Å². The predicted octanol–water partition coefficient (Wildman–Crippen LogP) is 6.44. The number of nitrogens with one attached hydrogen (secondary N) is 2. The van der Waals surface area contributed by atoms with E-state index in [9.17, 15) is 9.59 Å². The second kappa shape index (κ2) is 12.4. The molecule has 1 saturated heterocycles. The van der Waals surface area contributed by atoms with E-state index in [4.69, 9.17) is 4.98 Å². The Hall–Kier alpha value is -3.58. The Kier molecular flexibility index (Phi) is 8.17. The summed E-state index contributed by atoms with van der Waals surface area (Å²) in [4.78, 5) is 43.4. The van der Waals surface area contributed by atoms with E-state index >= 15 is 0 Å². The molecule has 3 aromatic heterocycles. The van der Waals surface area contributed by atoms with E-state index in [0.29, 0.717) is 17.3 Å². The highest BCUT2D eigenvalue weighted by Gasteiger charge is 2.46. The Balaban J connectivity index is 0.000000154. The molecule has 1 fully saturated rings. The molecule has 5 heterocycles. The van der Waals surface area contributed by atoms with Crippen LogP contribution in [0.25, 0.3) is 34.2 Å². The van der Waals surface area contributed by atoms with Crippen LogP contribution in [0, 0.1) is 0 Å². The highest BCUT2D eigenvalue weighted by molar-refractivity contribution is 9.10. The number of halogens is 3. The summed E-state index contributed by atoms with van der Waals surface area (Å²) in [5.41, 5.74) is 9.60. The quantitative estimate of drug-likeness (QED) is 0.197. The SMILES string of the molecule is Cn1c2c(c3c1-c1nc(-c4ccc(Br)cc4)ncc1CC3)C(=O)NC1(CNC1)C2.O=C1c2nc(-c3ccc(Br)cc3)ncc2CCC1Br. The van der Waals surface area contributed by atoms with Crippen LogP contribution >= 0.6 is 47.8 Å². The molecule has 1 atom stereocenters. The summed E-state index contributed by atoms with van der Waals surface area (Å²) >= 11 is 10.3. The number of ketones is 1. The van der Waals surface area contributed by atoms with Crippen LogP contribution in [0.4, 0.5) is 0 Å². The van der Waals surface area contributed by atoms with Crippen LogP contribution in [-0.4, -0.2) is 59.6 Å². The molecule has 2 N–H and O–H groups in total. The molecular weight excluding hydrogens is 802 g/mol. The first-order valence-electron chi connectivity index (χ1n) is 15.9. The van der Waals surface area contributed by atoms with E-state index in [2.05, 4.69) is 85.0 Å². The highest BCUT2D eigenvalue weighted by atomic mass is 79.9. The Morgan fingerprint density at radius 1 is 0.812 bits per heavy atom. The lowest BCUT2D eigenvalue weighted by Crippen LogP contribution is -2.71. The van der Waals surface area contributed by atoms with Gasteiger partial charge in [-0.15, -0.1) is 0 Å². The second-order valence-electron chi connectivity index (χ2n) is 12.7. The van der Waals surface area contributed by atoms with Crippen molar-refractivity contribution in [3.8, 4) is 34.2 Å². The third-order valence-electron chi connectivity index (χ3n) is 9.64. The number of hydrogen-bond acceptors (Lipinski definition) is 7. The smallest absolute Gasteiger partial charge is 0.253 e. The largest absolute Gasteiger partial charge is 0.345 e. The van der Waals surface area contributed by atoms with E-state index in [-0.39, 0.29) is 22.1 Å². The van der Waals surface area contributed by atoms with Gasteiger partial charge in [-0.2, -0.15) is 0 Å². The third kappa shape index (κ3) is 5.56. The van der Waals surface area contributed by atoms with Crippen molar-refractivity contribution in [2.45, 2.75) is 42.5 Å². The van der Waals surface area contributed by atoms with Crippen LogP contribution in [0.2, 0.25) is 0 Å². The zero-order chi connectivity index (χ0) is 33.2. The van der Waals surface area contributed by atoms with Gasteiger partial charge in [-0.25, -0.2) is 19.9 Å². The highest BCUT2D eigenvalue weighted by Crippen LogP contribution is 2.41. The standard InChI is InChI=1S/C22H20BrN5O.C14H10Br2N2O/c1-28-16-8-22(10-24-11-22)27-21(29)17(16)15-7-4-13-9-25-20(26-18(13)19(15)28)12-2-5-14(23)6-3-12;15-10-4-1-8(2-5-10)14-17-7-9-3-6-11(16)13(19)12(9)18-14/h2-3,5-6,9,24H,4,7-8,10-11H2,1H3,(H,27,29);1-2,4-5,7,11H,3,6H2. The fourth-order valence-corrected chi connectivity index (χ4v) is 8.00. The molecule has 48 heavy (non-hydrogen) atoms. The molecule has 2 aromatic carbocycles. The molecule has 0 saturated carbocycles. The molecule has 1 spiro atoms. The molecule has 2 aliphatic carbocycles. The molecule has 9 rings (SSSR count). The van der Waals surface area contributed by atoms with Crippen LogP contribution in [-0.2, 0) is 32.7 Å². The van der Waals surface area contributed by atoms with E-state index in [1.165, 1.54) is 0 Å². The molecule has 12 heteroatoms. The first-order valence-corrected chi connectivity index (χ1v) is 18.4. The number of alkyl halides is 1. The van der Waals surface area contributed by atoms with Crippen molar-refractivity contribution < 1.29 is 9.59 Å². The van der Waals surface area contributed by atoms with Crippen LogP contribution in [0.3, 0.4) is 0 Å². The Morgan fingerprint density at radius 3 is 1.98 bits per heavy atom. The van der Waals surface area contributed by atoms with Crippen molar-refractivity contribution in [1.29, 1.82) is 0 Å². The maximum absolute atomic E-state index is 13.0. The maximum Gasteiger partial charge on any atom is 0.253 e. The lowest BCUT2D eigenvalue weighted by atomic mass is 9.81. The van der Waals surface area contributed by atoms with Gasteiger partial charge in [-0.3, -0.25) is 9.59 Å². The number of fused-ring (bicyclic) bond motifs is 6.